The predicted octanol–water partition coefficient (Wildman–Crippen LogP) is 2.43. The Kier molecular flexibility index (Phi) is 4.81. The molecule has 1 heterocycles. The molecule has 0 unspecified atom stereocenters. The Morgan fingerprint density at radius 1 is 1.19 bits per heavy atom. The monoisotopic (exact) mass is 290 g/mol. The van der Waals surface area contributed by atoms with E-state index in [1.54, 1.807) is 13.0 Å². The molecule has 21 heavy (non-hydrogen) atoms. The number of fused-ring (bicyclic) bond motifs is 1. The molecular weight excluding hydrogens is 272 g/mol. The molecule has 6 nitrogen and oxygen atoms in total. The Morgan fingerprint density at radius 3 is 2.67 bits per heavy atom. The van der Waals surface area contributed by atoms with Gasteiger partial charge in [-0.1, -0.05) is 18.2 Å². The minimum atomic E-state index is -0.526. The minimum Gasteiger partial charge on any atom is -0.460 e. The number of rotatable bonds is 5. The summed E-state index contributed by atoms with van der Waals surface area (Å²) in [5, 5.41) is 6.12. The zero-order valence-corrected chi connectivity index (χ0v) is 12.1. The lowest BCUT2D eigenvalue weighted by atomic mass is 10.1. The van der Waals surface area contributed by atoms with Gasteiger partial charge in [0, 0.05) is 24.0 Å². The molecule has 2 N–H and O–H groups in total. The van der Waals surface area contributed by atoms with Crippen molar-refractivity contribution in [1.82, 2.24) is 10.6 Å². The van der Waals surface area contributed by atoms with E-state index < -0.39 is 5.97 Å². The van der Waals surface area contributed by atoms with E-state index >= 15 is 0 Å². The van der Waals surface area contributed by atoms with Gasteiger partial charge in [-0.3, -0.25) is 0 Å². The zero-order chi connectivity index (χ0) is 15.2. The largest absolute Gasteiger partial charge is 0.460 e. The molecule has 0 saturated heterocycles. The Labute approximate surface area is 122 Å². The van der Waals surface area contributed by atoms with E-state index in [9.17, 15) is 9.59 Å². The maximum absolute atomic E-state index is 12.0. The Morgan fingerprint density at radius 2 is 1.95 bits per heavy atom. The highest BCUT2D eigenvalue weighted by Gasteiger charge is 2.21. The highest BCUT2D eigenvalue weighted by Crippen LogP contribution is 2.26. The molecule has 0 spiro atoms. The molecule has 0 radical (unpaired) electrons. The lowest BCUT2D eigenvalue weighted by molar-refractivity contribution is 0.0490. The van der Waals surface area contributed by atoms with E-state index in [1.165, 1.54) is 0 Å². The van der Waals surface area contributed by atoms with Crippen LogP contribution < -0.4 is 10.6 Å². The molecule has 0 aliphatic rings. The van der Waals surface area contributed by atoms with Gasteiger partial charge in [0.2, 0.25) is 5.76 Å². The van der Waals surface area contributed by atoms with Gasteiger partial charge in [-0.25, -0.2) is 9.59 Å². The number of amides is 2. The molecule has 2 amide bonds. The molecule has 112 valence electrons. The van der Waals surface area contributed by atoms with E-state index in [0.29, 0.717) is 17.7 Å². The number of hydrogen-bond acceptors (Lipinski definition) is 4. The van der Waals surface area contributed by atoms with Crippen molar-refractivity contribution in [2.75, 3.05) is 13.2 Å². The summed E-state index contributed by atoms with van der Waals surface area (Å²) in [6.07, 6.45) is 0. The van der Waals surface area contributed by atoms with Gasteiger partial charge in [0.1, 0.15) is 5.58 Å². The molecule has 1 aromatic carbocycles. The van der Waals surface area contributed by atoms with Gasteiger partial charge in [-0.2, -0.15) is 0 Å². The van der Waals surface area contributed by atoms with Gasteiger partial charge in [-0.15, -0.1) is 0 Å². The van der Waals surface area contributed by atoms with E-state index in [-0.39, 0.29) is 24.9 Å². The molecule has 6 heteroatoms. The van der Waals surface area contributed by atoms with Crippen molar-refractivity contribution < 1.29 is 18.7 Å². The number of carbonyl (C=O) groups excluding carboxylic acids is 2. The standard InChI is InChI=1S/C15H18N2O4/c1-3-16-15(19)17-9-11-10-7-5-6-8-12(10)21-13(11)14(18)20-4-2/h5-8H,3-4,9H2,1-2H3,(H2,16,17,19). The van der Waals surface area contributed by atoms with Gasteiger partial charge in [0.15, 0.2) is 0 Å². The summed E-state index contributed by atoms with van der Waals surface area (Å²) in [6, 6.07) is 6.99. The van der Waals surface area contributed by atoms with Crippen molar-refractivity contribution >= 4 is 23.0 Å². The van der Waals surface area contributed by atoms with Crippen LogP contribution in [0.3, 0.4) is 0 Å². The average Bonchev–Trinajstić information content (AvgIpc) is 2.84. The fraction of sp³-hybridized carbons (Fsp3) is 0.333. The minimum absolute atomic E-state index is 0.134. The number of furan rings is 1. The summed E-state index contributed by atoms with van der Waals surface area (Å²) < 4.78 is 10.6. The smallest absolute Gasteiger partial charge is 0.374 e. The lowest BCUT2D eigenvalue weighted by Gasteiger charge is -2.06. The second kappa shape index (κ2) is 6.78. The van der Waals surface area contributed by atoms with Crippen LogP contribution in [0.2, 0.25) is 0 Å². The summed E-state index contributed by atoms with van der Waals surface area (Å²) in [5.41, 5.74) is 1.21. The first-order chi connectivity index (χ1) is 10.2. The van der Waals surface area contributed by atoms with Crippen molar-refractivity contribution in [2.45, 2.75) is 20.4 Å². The van der Waals surface area contributed by atoms with Crippen LogP contribution in [0.4, 0.5) is 4.79 Å². The molecule has 1 aromatic heterocycles. The van der Waals surface area contributed by atoms with Crippen molar-refractivity contribution in [2.24, 2.45) is 0 Å². The number of para-hydroxylation sites is 1. The highest BCUT2D eigenvalue weighted by molar-refractivity contribution is 5.96. The quantitative estimate of drug-likeness (QED) is 0.829. The Bertz CT molecular complexity index is 648. The lowest BCUT2D eigenvalue weighted by Crippen LogP contribution is -2.35. The number of benzene rings is 1. The van der Waals surface area contributed by atoms with Crippen LogP contribution in [0.25, 0.3) is 11.0 Å². The molecular formula is C15H18N2O4. The molecule has 2 aromatic rings. The summed E-state index contributed by atoms with van der Waals surface area (Å²) in [5.74, 6) is -0.392. The number of carbonyl (C=O) groups is 2. The van der Waals surface area contributed by atoms with E-state index in [2.05, 4.69) is 10.6 Å². The van der Waals surface area contributed by atoms with Crippen LogP contribution in [0.5, 0.6) is 0 Å². The summed E-state index contributed by atoms with van der Waals surface area (Å²) in [4.78, 5) is 23.5. The van der Waals surface area contributed by atoms with Crippen LogP contribution in [0.1, 0.15) is 30.0 Å². The van der Waals surface area contributed by atoms with Gasteiger partial charge in [-0.05, 0) is 19.9 Å². The molecule has 0 aliphatic heterocycles. The molecule has 0 atom stereocenters. The fourth-order valence-corrected chi connectivity index (χ4v) is 2.03. The average molecular weight is 290 g/mol. The van der Waals surface area contributed by atoms with Crippen LogP contribution >= 0.6 is 0 Å². The zero-order valence-electron chi connectivity index (χ0n) is 12.1. The summed E-state index contributed by atoms with van der Waals surface area (Å²) >= 11 is 0. The number of hydrogen-bond donors (Lipinski definition) is 2. The number of nitrogens with one attached hydrogen (secondary N) is 2. The Hall–Kier alpha value is -2.50. The third kappa shape index (κ3) is 3.34. The van der Waals surface area contributed by atoms with Gasteiger partial charge in [0.25, 0.3) is 0 Å². The van der Waals surface area contributed by atoms with Crippen LogP contribution in [0.15, 0.2) is 28.7 Å². The first kappa shape index (κ1) is 14.9. The summed E-state index contributed by atoms with van der Waals surface area (Å²) in [6.45, 7) is 4.54. The first-order valence-corrected chi connectivity index (χ1v) is 6.86. The molecule has 0 aliphatic carbocycles. The second-order valence-corrected chi connectivity index (χ2v) is 4.34. The maximum atomic E-state index is 12.0. The normalized spacial score (nSPS) is 10.4. The summed E-state index contributed by atoms with van der Waals surface area (Å²) in [7, 11) is 0. The number of urea groups is 1. The predicted molar refractivity (Wildman–Crippen MR) is 78.1 cm³/mol. The Balaban J connectivity index is 2.31. The SMILES string of the molecule is CCNC(=O)NCc1c(C(=O)OCC)oc2ccccc12. The molecule has 0 bridgehead atoms. The number of esters is 1. The topological polar surface area (TPSA) is 80.6 Å². The third-order valence-electron chi connectivity index (χ3n) is 2.92. The first-order valence-electron chi connectivity index (χ1n) is 6.86. The highest BCUT2D eigenvalue weighted by atomic mass is 16.5. The van der Waals surface area contributed by atoms with Crippen LogP contribution in [-0.2, 0) is 11.3 Å². The van der Waals surface area contributed by atoms with Crippen molar-refractivity contribution in [3.63, 3.8) is 0 Å². The fourth-order valence-electron chi connectivity index (χ4n) is 2.03. The van der Waals surface area contributed by atoms with E-state index in [0.717, 1.165) is 5.39 Å². The van der Waals surface area contributed by atoms with Gasteiger partial charge >= 0.3 is 12.0 Å². The number of ether oxygens (including phenoxy) is 1. The maximum Gasteiger partial charge on any atom is 0.374 e. The van der Waals surface area contributed by atoms with Crippen LogP contribution in [-0.4, -0.2) is 25.2 Å². The van der Waals surface area contributed by atoms with Crippen molar-refractivity contribution in [1.29, 1.82) is 0 Å². The van der Waals surface area contributed by atoms with Gasteiger partial charge < -0.3 is 19.8 Å². The second-order valence-electron chi connectivity index (χ2n) is 4.34. The van der Waals surface area contributed by atoms with Crippen LogP contribution in [0, 0.1) is 0 Å². The molecule has 0 fully saturated rings. The van der Waals surface area contributed by atoms with E-state index in [1.807, 2.05) is 25.1 Å². The third-order valence-corrected chi connectivity index (χ3v) is 2.92. The molecule has 2 rings (SSSR count). The van der Waals surface area contributed by atoms with E-state index in [4.69, 9.17) is 9.15 Å². The van der Waals surface area contributed by atoms with Crippen molar-refractivity contribution in [3.05, 3.63) is 35.6 Å². The van der Waals surface area contributed by atoms with Gasteiger partial charge in [0.05, 0.1) is 6.61 Å². The van der Waals surface area contributed by atoms with Crippen molar-refractivity contribution in [3.8, 4) is 0 Å². The molecule has 0 saturated carbocycles.